The molecule has 0 aliphatic rings. The zero-order chi connectivity index (χ0) is 18.7. The second-order valence-corrected chi connectivity index (χ2v) is 5.97. The van der Waals surface area contributed by atoms with E-state index in [4.69, 9.17) is 4.74 Å². The minimum absolute atomic E-state index is 0.148. The molecule has 0 aliphatic carbocycles. The number of carbonyl (C=O) groups is 1. The van der Waals surface area contributed by atoms with E-state index in [0.717, 1.165) is 22.7 Å². The third kappa shape index (κ3) is 3.66. The molecule has 2 N–H and O–H groups in total. The Morgan fingerprint density at radius 3 is 2.62 bits per heavy atom. The largest absolute Gasteiger partial charge is 0.497 e. The lowest BCUT2D eigenvalue weighted by Crippen LogP contribution is -2.28. The Morgan fingerprint density at radius 2 is 1.96 bits per heavy atom. The highest BCUT2D eigenvalue weighted by Gasteiger charge is 2.12. The number of pyridine rings is 1. The van der Waals surface area contributed by atoms with Crippen LogP contribution < -0.4 is 15.6 Å². The Labute approximate surface area is 150 Å². The predicted octanol–water partition coefficient (Wildman–Crippen LogP) is 2.12. The number of aromatic amines is 1. The fourth-order valence-corrected chi connectivity index (χ4v) is 2.68. The van der Waals surface area contributed by atoms with Crippen molar-refractivity contribution in [2.75, 3.05) is 7.11 Å². The van der Waals surface area contributed by atoms with Crippen LogP contribution in [0.25, 0.3) is 5.69 Å². The Balaban J connectivity index is 1.71. The molecule has 0 saturated heterocycles. The third-order valence-electron chi connectivity index (χ3n) is 4.08. The number of H-pyrrole nitrogens is 1. The average Bonchev–Trinajstić information content (AvgIpc) is 3.11. The van der Waals surface area contributed by atoms with Crippen LogP contribution in [0.4, 0.5) is 0 Å². The van der Waals surface area contributed by atoms with Gasteiger partial charge in [-0.1, -0.05) is 0 Å². The maximum absolute atomic E-state index is 12.3. The number of amides is 1. The maximum Gasteiger partial charge on any atom is 0.272 e. The molecule has 0 bridgehead atoms. The normalized spacial score (nSPS) is 10.6. The predicted molar refractivity (Wildman–Crippen MR) is 97.8 cm³/mol. The summed E-state index contributed by atoms with van der Waals surface area (Å²) in [6.07, 6.45) is 1.71. The van der Waals surface area contributed by atoms with E-state index in [1.165, 1.54) is 0 Å². The van der Waals surface area contributed by atoms with Crippen molar-refractivity contribution in [3.05, 3.63) is 75.5 Å². The van der Waals surface area contributed by atoms with Gasteiger partial charge in [0.05, 0.1) is 12.8 Å². The molecule has 0 spiro atoms. The lowest BCUT2D eigenvalue weighted by atomic mass is 10.1. The van der Waals surface area contributed by atoms with Crippen LogP contribution in [0.2, 0.25) is 0 Å². The van der Waals surface area contributed by atoms with Crippen molar-refractivity contribution >= 4 is 5.91 Å². The van der Waals surface area contributed by atoms with Gasteiger partial charge in [-0.25, -0.2) is 4.68 Å². The van der Waals surface area contributed by atoms with E-state index < -0.39 is 0 Å². The Hall–Kier alpha value is -3.35. The average molecular weight is 352 g/mol. The fraction of sp³-hybridized carbons (Fsp3) is 0.211. The van der Waals surface area contributed by atoms with Gasteiger partial charge in [-0.15, -0.1) is 0 Å². The number of benzene rings is 1. The van der Waals surface area contributed by atoms with E-state index in [2.05, 4.69) is 15.4 Å². The SMILES string of the molecule is COc1ccc(-n2ccc(C(=O)NCc3c(C)cc(C)[nH]c3=O)n2)cc1. The lowest BCUT2D eigenvalue weighted by Gasteiger charge is -2.07. The number of ether oxygens (including phenoxy) is 1. The molecule has 134 valence electrons. The molecule has 0 unspecified atom stereocenters. The van der Waals surface area contributed by atoms with Crippen LogP contribution in [-0.2, 0) is 6.54 Å². The second-order valence-electron chi connectivity index (χ2n) is 5.97. The summed E-state index contributed by atoms with van der Waals surface area (Å²) in [5, 5.41) is 7.03. The topological polar surface area (TPSA) is 89.0 Å². The van der Waals surface area contributed by atoms with Gasteiger partial charge in [-0.2, -0.15) is 5.10 Å². The molecule has 7 heteroatoms. The standard InChI is InChI=1S/C19H20N4O3/c1-12-10-13(2)21-18(24)16(12)11-20-19(25)17-8-9-23(22-17)14-4-6-15(26-3)7-5-14/h4-10H,11H2,1-3H3,(H,20,25)(H,21,24). The van der Waals surface area contributed by atoms with E-state index >= 15 is 0 Å². The number of hydrogen-bond acceptors (Lipinski definition) is 4. The van der Waals surface area contributed by atoms with Gasteiger partial charge in [-0.3, -0.25) is 9.59 Å². The molecule has 1 amide bonds. The van der Waals surface area contributed by atoms with Crippen molar-refractivity contribution in [2.24, 2.45) is 0 Å². The first-order chi connectivity index (χ1) is 12.5. The van der Waals surface area contributed by atoms with Crippen molar-refractivity contribution < 1.29 is 9.53 Å². The Morgan fingerprint density at radius 1 is 1.23 bits per heavy atom. The molecule has 0 atom stereocenters. The first kappa shape index (κ1) is 17.5. The molecular formula is C19H20N4O3. The first-order valence-electron chi connectivity index (χ1n) is 8.15. The van der Waals surface area contributed by atoms with Gasteiger partial charge in [0.2, 0.25) is 0 Å². The summed E-state index contributed by atoms with van der Waals surface area (Å²) in [7, 11) is 1.60. The summed E-state index contributed by atoms with van der Waals surface area (Å²) < 4.78 is 6.74. The maximum atomic E-state index is 12.3. The number of nitrogens with one attached hydrogen (secondary N) is 2. The molecule has 0 radical (unpaired) electrons. The molecule has 0 aliphatic heterocycles. The molecule has 0 fully saturated rings. The van der Waals surface area contributed by atoms with Gasteiger partial charge in [-0.05, 0) is 55.8 Å². The molecule has 2 heterocycles. The summed E-state index contributed by atoms with van der Waals surface area (Å²) in [6, 6.07) is 10.9. The number of carbonyl (C=O) groups excluding carboxylic acids is 1. The molecule has 3 aromatic rings. The number of aromatic nitrogens is 3. The van der Waals surface area contributed by atoms with Crippen LogP contribution in [0.15, 0.2) is 47.4 Å². The summed E-state index contributed by atoms with van der Waals surface area (Å²) in [4.78, 5) is 27.1. The first-order valence-corrected chi connectivity index (χ1v) is 8.15. The highest BCUT2D eigenvalue weighted by atomic mass is 16.5. The van der Waals surface area contributed by atoms with Gasteiger partial charge in [0.1, 0.15) is 5.75 Å². The lowest BCUT2D eigenvalue weighted by molar-refractivity contribution is 0.0945. The van der Waals surface area contributed by atoms with Crippen LogP contribution in [0, 0.1) is 13.8 Å². The van der Waals surface area contributed by atoms with E-state index in [1.54, 1.807) is 24.1 Å². The number of aryl methyl sites for hydroxylation is 2. The van der Waals surface area contributed by atoms with Crippen LogP contribution in [0.3, 0.4) is 0 Å². The minimum atomic E-state index is -0.336. The number of hydrogen-bond donors (Lipinski definition) is 2. The van der Waals surface area contributed by atoms with Crippen LogP contribution >= 0.6 is 0 Å². The number of methoxy groups -OCH3 is 1. The minimum Gasteiger partial charge on any atom is -0.497 e. The van der Waals surface area contributed by atoms with Crippen molar-refractivity contribution in [2.45, 2.75) is 20.4 Å². The number of rotatable bonds is 5. The van der Waals surface area contributed by atoms with E-state index in [-0.39, 0.29) is 23.7 Å². The Kier molecular flexibility index (Phi) is 4.88. The van der Waals surface area contributed by atoms with E-state index in [9.17, 15) is 9.59 Å². The second kappa shape index (κ2) is 7.26. The summed E-state index contributed by atoms with van der Waals surface area (Å²) in [5.41, 5.74) is 3.08. The monoisotopic (exact) mass is 352 g/mol. The molecule has 2 aromatic heterocycles. The van der Waals surface area contributed by atoms with E-state index in [1.807, 2.05) is 44.2 Å². The van der Waals surface area contributed by atoms with Crippen molar-refractivity contribution in [1.82, 2.24) is 20.1 Å². The molecule has 1 aromatic carbocycles. The van der Waals surface area contributed by atoms with Gasteiger partial charge in [0.15, 0.2) is 5.69 Å². The highest BCUT2D eigenvalue weighted by Crippen LogP contribution is 2.14. The van der Waals surface area contributed by atoms with Crippen LogP contribution in [-0.4, -0.2) is 27.8 Å². The van der Waals surface area contributed by atoms with Gasteiger partial charge in [0.25, 0.3) is 11.5 Å². The van der Waals surface area contributed by atoms with Crippen LogP contribution in [0.5, 0.6) is 5.75 Å². The van der Waals surface area contributed by atoms with E-state index in [0.29, 0.717) is 5.56 Å². The summed E-state index contributed by atoms with van der Waals surface area (Å²) in [6.45, 7) is 3.82. The highest BCUT2D eigenvalue weighted by molar-refractivity contribution is 5.92. The van der Waals surface area contributed by atoms with Crippen molar-refractivity contribution in [3.63, 3.8) is 0 Å². The smallest absolute Gasteiger partial charge is 0.272 e. The zero-order valence-electron chi connectivity index (χ0n) is 14.9. The third-order valence-corrected chi connectivity index (χ3v) is 4.08. The molecular weight excluding hydrogens is 332 g/mol. The van der Waals surface area contributed by atoms with Gasteiger partial charge in [0, 0.05) is 24.0 Å². The zero-order valence-corrected chi connectivity index (χ0v) is 14.9. The molecule has 0 saturated carbocycles. The Bertz CT molecular complexity index is 987. The molecule has 7 nitrogen and oxygen atoms in total. The van der Waals surface area contributed by atoms with Gasteiger partial charge >= 0.3 is 0 Å². The van der Waals surface area contributed by atoms with Crippen LogP contribution in [0.1, 0.15) is 27.3 Å². The fourth-order valence-electron chi connectivity index (χ4n) is 2.68. The quantitative estimate of drug-likeness (QED) is 0.736. The molecule has 26 heavy (non-hydrogen) atoms. The number of nitrogens with zero attached hydrogens (tertiary/aromatic N) is 2. The van der Waals surface area contributed by atoms with Crippen molar-refractivity contribution in [1.29, 1.82) is 0 Å². The summed E-state index contributed by atoms with van der Waals surface area (Å²) >= 11 is 0. The molecule has 3 rings (SSSR count). The van der Waals surface area contributed by atoms with Gasteiger partial charge < -0.3 is 15.0 Å². The summed E-state index contributed by atoms with van der Waals surface area (Å²) in [5.74, 6) is 0.411. The van der Waals surface area contributed by atoms with Crippen molar-refractivity contribution in [3.8, 4) is 11.4 Å².